The molecule has 0 aliphatic rings. The SMILES string of the molecule is O=C(Cn1ccccc1=O)c1ccc([N+](=O)[O-])o1. The summed E-state index contributed by atoms with van der Waals surface area (Å²) in [6.07, 6.45) is 1.46. The molecule has 2 aromatic heterocycles. The molecule has 0 fully saturated rings. The fourth-order valence-corrected chi connectivity index (χ4v) is 1.40. The Balaban J connectivity index is 2.20. The molecule has 0 aliphatic carbocycles. The van der Waals surface area contributed by atoms with E-state index in [0.717, 1.165) is 6.07 Å². The first-order chi connectivity index (χ1) is 8.58. The molecule has 0 radical (unpaired) electrons. The topological polar surface area (TPSA) is 95.3 Å². The molecule has 2 aromatic rings. The highest BCUT2D eigenvalue weighted by Crippen LogP contribution is 2.16. The molecule has 0 spiro atoms. The second kappa shape index (κ2) is 4.66. The van der Waals surface area contributed by atoms with Gasteiger partial charge in [0.2, 0.25) is 5.78 Å². The molecule has 18 heavy (non-hydrogen) atoms. The highest BCUT2D eigenvalue weighted by atomic mass is 16.6. The minimum atomic E-state index is -0.731. The van der Waals surface area contributed by atoms with Crippen LogP contribution in [0.25, 0.3) is 0 Å². The number of nitrogens with zero attached hydrogens (tertiary/aromatic N) is 2. The first kappa shape index (κ1) is 11.8. The van der Waals surface area contributed by atoms with Gasteiger partial charge in [-0.15, -0.1) is 0 Å². The van der Waals surface area contributed by atoms with E-state index in [1.165, 1.54) is 22.9 Å². The van der Waals surface area contributed by atoms with Gasteiger partial charge in [-0.1, -0.05) is 6.07 Å². The number of carbonyl (C=O) groups excluding carboxylic acids is 1. The number of ketones is 1. The van der Waals surface area contributed by atoms with E-state index in [1.807, 2.05) is 0 Å². The minimum absolute atomic E-state index is 0.141. The zero-order valence-corrected chi connectivity index (χ0v) is 9.11. The fraction of sp³-hybridized carbons (Fsp3) is 0.0909. The molecule has 0 N–H and O–H groups in total. The average molecular weight is 248 g/mol. The van der Waals surface area contributed by atoms with Gasteiger partial charge in [-0.05, 0) is 12.1 Å². The monoisotopic (exact) mass is 248 g/mol. The van der Waals surface area contributed by atoms with Crippen molar-refractivity contribution in [3.05, 3.63) is 62.8 Å². The number of furan rings is 1. The van der Waals surface area contributed by atoms with E-state index in [-0.39, 0.29) is 17.9 Å². The lowest BCUT2D eigenvalue weighted by molar-refractivity contribution is -0.402. The predicted octanol–water partition coefficient (Wildman–Crippen LogP) is 1.23. The Bertz CT molecular complexity index is 655. The van der Waals surface area contributed by atoms with E-state index in [0.29, 0.717) is 0 Å². The minimum Gasteiger partial charge on any atom is -0.397 e. The van der Waals surface area contributed by atoms with Crippen molar-refractivity contribution in [2.75, 3.05) is 0 Å². The van der Waals surface area contributed by atoms with Crippen molar-refractivity contribution >= 4 is 11.7 Å². The van der Waals surface area contributed by atoms with Gasteiger partial charge in [-0.25, -0.2) is 0 Å². The lowest BCUT2D eigenvalue weighted by Crippen LogP contribution is -2.22. The van der Waals surface area contributed by atoms with Crippen LogP contribution in [0, 0.1) is 10.1 Å². The molecule has 7 heteroatoms. The number of hydrogen-bond acceptors (Lipinski definition) is 5. The van der Waals surface area contributed by atoms with Crippen molar-refractivity contribution in [3.63, 3.8) is 0 Å². The van der Waals surface area contributed by atoms with Crippen LogP contribution in [-0.2, 0) is 6.54 Å². The molecule has 0 saturated heterocycles. The van der Waals surface area contributed by atoms with Gasteiger partial charge in [0.05, 0.1) is 12.6 Å². The fourth-order valence-electron chi connectivity index (χ4n) is 1.40. The summed E-state index contributed by atoms with van der Waals surface area (Å²) < 4.78 is 5.95. The summed E-state index contributed by atoms with van der Waals surface area (Å²) in [4.78, 5) is 32.8. The van der Waals surface area contributed by atoms with Gasteiger partial charge < -0.3 is 8.98 Å². The Morgan fingerprint density at radius 2 is 2.11 bits per heavy atom. The van der Waals surface area contributed by atoms with Crippen molar-refractivity contribution in [2.45, 2.75) is 6.54 Å². The zero-order valence-electron chi connectivity index (χ0n) is 9.11. The second-order valence-corrected chi connectivity index (χ2v) is 3.48. The molecule has 2 heterocycles. The van der Waals surface area contributed by atoms with Gasteiger partial charge in [-0.3, -0.25) is 19.7 Å². The lowest BCUT2D eigenvalue weighted by atomic mass is 10.3. The normalized spacial score (nSPS) is 10.2. The second-order valence-electron chi connectivity index (χ2n) is 3.48. The van der Waals surface area contributed by atoms with E-state index in [4.69, 9.17) is 4.42 Å². The third-order valence-electron chi connectivity index (χ3n) is 2.26. The molecular weight excluding hydrogens is 240 g/mol. The smallest absolute Gasteiger partial charge is 0.397 e. The van der Waals surface area contributed by atoms with Gasteiger partial charge >= 0.3 is 5.88 Å². The van der Waals surface area contributed by atoms with Crippen LogP contribution >= 0.6 is 0 Å². The molecule has 0 aromatic carbocycles. The summed E-state index contributed by atoms with van der Waals surface area (Å²) in [5.41, 5.74) is -0.327. The maximum absolute atomic E-state index is 11.7. The van der Waals surface area contributed by atoms with Crippen LogP contribution in [0.1, 0.15) is 10.6 Å². The quantitative estimate of drug-likeness (QED) is 0.460. The summed E-state index contributed by atoms with van der Waals surface area (Å²) in [5, 5.41) is 10.4. The molecule has 2 rings (SSSR count). The van der Waals surface area contributed by atoms with E-state index in [1.54, 1.807) is 12.1 Å². The van der Waals surface area contributed by atoms with Crippen LogP contribution < -0.4 is 5.56 Å². The molecule has 92 valence electrons. The highest BCUT2D eigenvalue weighted by molar-refractivity contribution is 5.93. The first-order valence-electron chi connectivity index (χ1n) is 5.01. The Kier molecular flexibility index (Phi) is 3.05. The maximum atomic E-state index is 11.7. The highest BCUT2D eigenvalue weighted by Gasteiger charge is 2.17. The number of carbonyl (C=O) groups is 1. The molecule has 0 amide bonds. The van der Waals surface area contributed by atoms with Crippen molar-refractivity contribution in [1.82, 2.24) is 4.57 Å². The Hall–Kier alpha value is -2.70. The number of rotatable bonds is 4. The van der Waals surface area contributed by atoms with Crippen LogP contribution in [0.4, 0.5) is 5.88 Å². The number of Topliss-reactive ketones (excluding diaryl/α,β-unsaturated/α-hetero) is 1. The number of hydrogen-bond donors (Lipinski definition) is 0. The summed E-state index contributed by atoms with van der Waals surface area (Å²) in [6, 6.07) is 6.80. The number of aromatic nitrogens is 1. The Labute approximate surface area is 100 Å². The van der Waals surface area contributed by atoms with E-state index in [2.05, 4.69) is 0 Å². The van der Waals surface area contributed by atoms with E-state index in [9.17, 15) is 19.7 Å². The van der Waals surface area contributed by atoms with Crippen molar-refractivity contribution in [3.8, 4) is 0 Å². The average Bonchev–Trinajstić information content (AvgIpc) is 2.81. The third-order valence-corrected chi connectivity index (χ3v) is 2.26. The zero-order chi connectivity index (χ0) is 13.1. The lowest BCUT2D eigenvalue weighted by Gasteiger charge is -2.01. The molecule has 0 unspecified atom stereocenters. The van der Waals surface area contributed by atoms with Gasteiger partial charge in [0.15, 0.2) is 5.76 Å². The van der Waals surface area contributed by atoms with Crippen LogP contribution in [-0.4, -0.2) is 15.3 Å². The van der Waals surface area contributed by atoms with Gasteiger partial charge in [0.1, 0.15) is 4.92 Å². The summed E-state index contributed by atoms with van der Waals surface area (Å²) in [6.45, 7) is -0.218. The van der Waals surface area contributed by atoms with Crippen LogP contribution in [0.15, 0.2) is 45.7 Å². The molecule has 7 nitrogen and oxygen atoms in total. The molecule has 0 aliphatic heterocycles. The maximum Gasteiger partial charge on any atom is 0.433 e. The number of nitro groups is 1. The summed E-state index contributed by atoms with van der Waals surface area (Å²) >= 11 is 0. The molecule has 0 atom stereocenters. The molecule has 0 saturated carbocycles. The van der Waals surface area contributed by atoms with Gasteiger partial charge in [-0.2, -0.15) is 0 Å². The largest absolute Gasteiger partial charge is 0.433 e. The third kappa shape index (κ3) is 2.34. The van der Waals surface area contributed by atoms with Crippen LogP contribution in [0.3, 0.4) is 0 Å². The predicted molar refractivity (Wildman–Crippen MR) is 60.4 cm³/mol. The van der Waals surface area contributed by atoms with Gasteiger partial charge in [0, 0.05) is 12.3 Å². The van der Waals surface area contributed by atoms with Gasteiger partial charge in [0.25, 0.3) is 5.56 Å². The number of pyridine rings is 1. The Morgan fingerprint density at radius 1 is 1.33 bits per heavy atom. The molecule has 0 bridgehead atoms. The van der Waals surface area contributed by atoms with Crippen molar-refractivity contribution in [1.29, 1.82) is 0 Å². The van der Waals surface area contributed by atoms with E-state index >= 15 is 0 Å². The summed E-state index contributed by atoms with van der Waals surface area (Å²) in [5.74, 6) is -1.15. The first-order valence-corrected chi connectivity index (χ1v) is 5.01. The van der Waals surface area contributed by atoms with Crippen LogP contribution in [0.5, 0.6) is 0 Å². The van der Waals surface area contributed by atoms with Crippen molar-refractivity contribution < 1.29 is 14.1 Å². The Morgan fingerprint density at radius 3 is 2.72 bits per heavy atom. The standard InChI is InChI=1S/C11H8N2O5/c14-8(7-12-6-2-1-3-10(12)15)9-4-5-11(18-9)13(16)17/h1-6H,7H2. The van der Waals surface area contributed by atoms with Crippen LogP contribution in [0.2, 0.25) is 0 Å². The molecular formula is C11H8N2O5. The summed E-state index contributed by atoms with van der Waals surface area (Å²) in [7, 11) is 0. The van der Waals surface area contributed by atoms with Crippen molar-refractivity contribution in [2.24, 2.45) is 0 Å². The van der Waals surface area contributed by atoms with E-state index < -0.39 is 16.6 Å².